The van der Waals surface area contributed by atoms with Gasteiger partial charge >= 0.3 is 0 Å². The second-order valence-corrected chi connectivity index (χ2v) is 4.63. The molecule has 0 spiro atoms. The molecule has 0 bridgehead atoms. The van der Waals surface area contributed by atoms with Gasteiger partial charge in [0.1, 0.15) is 0 Å². The predicted octanol–water partition coefficient (Wildman–Crippen LogP) is 3.18. The summed E-state index contributed by atoms with van der Waals surface area (Å²) in [6.07, 6.45) is 1.33. The SMILES string of the molecule is O=[N+]([O-])c1ccc([O-])c(C=Nc2ccc(Br)cc2)c1. The lowest BCUT2D eigenvalue weighted by Gasteiger charge is -2.08. The lowest BCUT2D eigenvalue weighted by molar-refractivity contribution is -0.385. The van der Waals surface area contributed by atoms with Gasteiger partial charge < -0.3 is 5.11 Å². The van der Waals surface area contributed by atoms with E-state index in [4.69, 9.17) is 0 Å². The summed E-state index contributed by atoms with van der Waals surface area (Å²) < 4.78 is 0.923. The molecule has 6 heteroatoms. The maximum atomic E-state index is 11.5. The van der Waals surface area contributed by atoms with Crippen LogP contribution in [0.15, 0.2) is 51.9 Å². The van der Waals surface area contributed by atoms with E-state index in [1.54, 1.807) is 12.1 Å². The van der Waals surface area contributed by atoms with Crippen LogP contribution in [0, 0.1) is 10.1 Å². The van der Waals surface area contributed by atoms with E-state index in [-0.39, 0.29) is 17.0 Å². The maximum absolute atomic E-state index is 11.5. The van der Waals surface area contributed by atoms with Gasteiger partial charge in [0, 0.05) is 22.8 Å². The molecule has 0 saturated carbocycles. The van der Waals surface area contributed by atoms with Crippen molar-refractivity contribution in [3.63, 3.8) is 0 Å². The highest BCUT2D eigenvalue weighted by molar-refractivity contribution is 9.10. The van der Waals surface area contributed by atoms with Gasteiger partial charge in [0.2, 0.25) is 0 Å². The number of nitro groups is 1. The second kappa shape index (κ2) is 5.62. The minimum atomic E-state index is -0.545. The van der Waals surface area contributed by atoms with Crippen molar-refractivity contribution in [1.29, 1.82) is 0 Å². The van der Waals surface area contributed by atoms with Crippen molar-refractivity contribution in [1.82, 2.24) is 0 Å². The van der Waals surface area contributed by atoms with Crippen LogP contribution in [-0.2, 0) is 0 Å². The molecule has 0 aliphatic heterocycles. The summed E-state index contributed by atoms with van der Waals surface area (Å²) in [7, 11) is 0. The topological polar surface area (TPSA) is 78.6 Å². The summed E-state index contributed by atoms with van der Waals surface area (Å²) in [5, 5.41) is 22.2. The Hall–Kier alpha value is -2.21. The Bertz CT molecular complexity index is 639. The Labute approximate surface area is 117 Å². The molecule has 2 aromatic carbocycles. The molecule has 0 N–H and O–H groups in total. The number of aliphatic imine (C=N–C) groups is 1. The summed E-state index contributed by atoms with van der Waals surface area (Å²) in [6.45, 7) is 0. The lowest BCUT2D eigenvalue weighted by Crippen LogP contribution is -1.98. The van der Waals surface area contributed by atoms with Crippen LogP contribution in [0.25, 0.3) is 0 Å². The van der Waals surface area contributed by atoms with E-state index in [0.29, 0.717) is 5.69 Å². The zero-order valence-corrected chi connectivity index (χ0v) is 11.2. The maximum Gasteiger partial charge on any atom is 0.270 e. The first-order valence-electron chi connectivity index (χ1n) is 5.31. The third-order valence-corrected chi connectivity index (χ3v) is 2.91. The van der Waals surface area contributed by atoms with Crippen LogP contribution < -0.4 is 5.11 Å². The van der Waals surface area contributed by atoms with Gasteiger partial charge in [-0.2, -0.15) is 0 Å². The Morgan fingerprint density at radius 1 is 1.16 bits per heavy atom. The van der Waals surface area contributed by atoms with Crippen molar-refractivity contribution in [2.75, 3.05) is 0 Å². The molecule has 0 fully saturated rings. The first-order valence-corrected chi connectivity index (χ1v) is 6.10. The van der Waals surface area contributed by atoms with Crippen molar-refractivity contribution in [2.24, 2.45) is 4.99 Å². The van der Waals surface area contributed by atoms with Crippen LogP contribution >= 0.6 is 15.9 Å². The monoisotopic (exact) mass is 319 g/mol. The molecular formula is C13H8BrN2O3-. The van der Waals surface area contributed by atoms with E-state index in [0.717, 1.165) is 4.47 Å². The first kappa shape index (κ1) is 13.2. The molecule has 0 atom stereocenters. The number of nitrogens with zero attached hydrogens (tertiary/aromatic N) is 2. The lowest BCUT2D eigenvalue weighted by atomic mass is 10.2. The Kier molecular flexibility index (Phi) is 3.91. The number of nitro benzene ring substituents is 1. The van der Waals surface area contributed by atoms with Crippen LogP contribution in [0.3, 0.4) is 0 Å². The molecule has 0 amide bonds. The minimum absolute atomic E-state index is 0.128. The van der Waals surface area contributed by atoms with Crippen molar-refractivity contribution in [2.45, 2.75) is 0 Å². The highest BCUT2D eigenvalue weighted by Crippen LogP contribution is 2.21. The van der Waals surface area contributed by atoms with E-state index in [1.165, 1.54) is 24.4 Å². The van der Waals surface area contributed by atoms with Gasteiger partial charge in [-0.1, -0.05) is 27.7 Å². The summed E-state index contributed by atoms with van der Waals surface area (Å²) in [5.41, 5.74) is 0.725. The number of halogens is 1. The van der Waals surface area contributed by atoms with Crippen molar-refractivity contribution in [3.05, 3.63) is 62.6 Å². The van der Waals surface area contributed by atoms with Gasteiger partial charge in [-0.25, -0.2) is 0 Å². The highest BCUT2D eigenvalue weighted by atomic mass is 79.9. The smallest absolute Gasteiger partial charge is 0.270 e. The van der Waals surface area contributed by atoms with Gasteiger partial charge in [-0.05, 0) is 29.8 Å². The van der Waals surface area contributed by atoms with E-state index in [9.17, 15) is 15.2 Å². The Morgan fingerprint density at radius 2 is 1.84 bits per heavy atom. The van der Waals surface area contributed by atoms with Crippen molar-refractivity contribution >= 4 is 33.5 Å². The quantitative estimate of drug-likeness (QED) is 0.495. The van der Waals surface area contributed by atoms with Crippen LogP contribution in [-0.4, -0.2) is 11.1 Å². The summed E-state index contributed by atoms with van der Waals surface area (Å²) >= 11 is 3.30. The number of benzene rings is 2. The fourth-order valence-corrected chi connectivity index (χ4v) is 1.69. The predicted molar refractivity (Wildman–Crippen MR) is 73.9 cm³/mol. The van der Waals surface area contributed by atoms with Crippen molar-refractivity contribution < 1.29 is 10.0 Å². The molecule has 19 heavy (non-hydrogen) atoms. The largest absolute Gasteiger partial charge is 0.872 e. The highest BCUT2D eigenvalue weighted by Gasteiger charge is 2.05. The van der Waals surface area contributed by atoms with Gasteiger partial charge in [0.15, 0.2) is 0 Å². The summed E-state index contributed by atoms with van der Waals surface area (Å²) in [4.78, 5) is 14.2. The van der Waals surface area contributed by atoms with Gasteiger partial charge in [-0.15, -0.1) is 0 Å². The molecule has 96 valence electrons. The molecule has 2 aromatic rings. The molecule has 5 nitrogen and oxygen atoms in total. The van der Waals surface area contributed by atoms with E-state index in [1.807, 2.05) is 12.1 Å². The molecule has 0 heterocycles. The fourth-order valence-electron chi connectivity index (χ4n) is 1.42. The van der Waals surface area contributed by atoms with Crippen molar-refractivity contribution in [3.8, 4) is 5.75 Å². The Balaban J connectivity index is 2.29. The fraction of sp³-hybridized carbons (Fsp3) is 0. The summed E-state index contributed by atoms with van der Waals surface area (Å²) in [5.74, 6) is -0.300. The third kappa shape index (κ3) is 3.38. The van der Waals surface area contributed by atoms with Gasteiger partial charge in [0.05, 0.1) is 10.6 Å². The summed E-state index contributed by atoms with van der Waals surface area (Å²) in [6, 6.07) is 10.7. The first-order chi connectivity index (χ1) is 9.06. The van der Waals surface area contributed by atoms with Crippen LogP contribution in [0.4, 0.5) is 11.4 Å². The average molecular weight is 320 g/mol. The zero-order chi connectivity index (χ0) is 13.8. The van der Waals surface area contributed by atoms with Crippen LogP contribution in [0.2, 0.25) is 0 Å². The standard InChI is InChI=1S/C13H9BrN2O3/c14-10-1-3-11(4-2-10)15-8-9-7-12(16(18)19)5-6-13(9)17/h1-8,17H/p-1. The average Bonchev–Trinajstić information content (AvgIpc) is 2.39. The van der Waals surface area contributed by atoms with E-state index < -0.39 is 4.92 Å². The molecule has 0 aromatic heterocycles. The van der Waals surface area contributed by atoms with Gasteiger partial charge in [-0.3, -0.25) is 15.1 Å². The molecule has 0 aliphatic rings. The second-order valence-electron chi connectivity index (χ2n) is 3.71. The molecule has 0 unspecified atom stereocenters. The third-order valence-electron chi connectivity index (χ3n) is 2.38. The number of non-ortho nitro benzene ring substituents is 1. The molecule has 0 saturated heterocycles. The molecule has 2 rings (SSSR count). The van der Waals surface area contributed by atoms with Gasteiger partial charge in [0.25, 0.3) is 5.69 Å². The normalized spacial score (nSPS) is 10.8. The minimum Gasteiger partial charge on any atom is -0.872 e. The number of rotatable bonds is 3. The number of hydrogen-bond donors (Lipinski definition) is 0. The zero-order valence-electron chi connectivity index (χ0n) is 9.62. The van der Waals surface area contributed by atoms with Crippen LogP contribution in [0.5, 0.6) is 5.75 Å². The van der Waals surface area contributed by atoms with Crippen LogP contribution in [0.1, 0.15) is 5.56 Å². The van der Waals surface area contributed by atoms with E-state index in [2.05, 4.69) is 20.9 Å². The molecule has 0 radical (unpaired) electrons. The Morgan fingerprint density at radius 3 is 2.47 bits per heavy atom. The van der Waals surface area contributed by atoms with E-state index >= 15 is 0 Å². The number of hydrogen-bond acceptors (Lipinski definition) is 4. The molecule has 0 aliphatic carbocycles. The molecular weight excluding hydrogens is 312 g/mol.